The fourth-order valence-corrected chi connectivity index (χ4v) is 3.75. The van der Waals surface area contributed by atoms with Gasteiger partial charge in [0.15, 0.2) is 11.5 Å². The number of ether oxygens (including phenoxy) is 2. The second-order valence-corrected chi connectivity index (χ2v) is 6.84. The lowest BCUT2D eigenvalue weighted by Crippen LogP contribution is -2.39. The highest BCUT2D eigenvalue weighted by Crippen LogP contribution is 2.33. The smallest absolute Gasteiger partial charge is 0.318 e. The predicted molar refractivity (Wildman–Crippen MR) is 99.6 cm³/mol. The number of nitrogens with one attached hydrogen (secondary N) is 2. The lowest BCUT2D eigenvalue weighted by atomic mass is 10.2. The van der Waals surface area contributed by atoms with Gasteiger partial charge in [-0.05, 0) is 42.7 Å². The SMILES string of the molecule is O=C(NCc1ccc2c(c1)OCO2)N1CCC[C@H]1c1nc2ccccc2[nH]1. The summed E-state index contributed by atoms with van der Waals surface area (Å²) in [5.41, 5.74) is 2.91. The van der Waals surface area contributed by atoms with Gasteiger partial charge in [-0.2, -0.15) is 0 Å². The Balaban J connectivity index is 1.29. The number of amides is 2. The zero-order chi connectivity index (χ0) is 18.2. The largest absolute Gasteiger partial charge is 0.454 e. The summed E-state index contributed by atoms with van der Waals surface area (Å²) in [5, 5.41) is 3.01. The predicted octanol–water partition coefficient (Wildman–Crippen LogP) is 3.34. The zero-order valence-electron chi connectivity index (χ0n) is 14.8. The Kier molecular flexibility index (Phi) is 3.85. The third-order valence-corrected chi connectivity index (χ3v) is 5.12. The van der Waals surface area contributed by atoms with Crippen molar-refractivity contribution in [1.82, 2.24) is 20.2 Å². The van der Waals surface area contributed by atoms with E-state index in [1.54, 1.807) is 0 Å². The fraction of sp³-hybridized carbons (Fsp3) is 0.300. The quantitative estimate of drug-likeness (QED) is 0.747. The van der Waals surface area contributed by atoms with Crippen LogP contribution in [0.4, 0.5) is 4.79 Å². The Morgan fingerprint density at radius 3 is 3.04 bits per heavy atom. The van der Waals surface area contributed by atoms with E-state index in [9.17, 15) is 4.79 Å². The second kappa shape index (κ2) is 6.50. The number of imidazole rings is 1. The van der Waals surface area contributed by atoms with E-state index in [2.05, 4.69) is 15.3 Å². The van der Waals surface area contributed by atoms with Gasteiger partial charge in [0.25, 0.3) is 0 Å². The van der Waals surface area contributed by atoms with Crippen LogP contribution in [0.1, 0.15) is 30.3 Å². The van der Waals surface area contributed by atoms with Crippen LogP contribution in [0.25, 0.3) is 11.0 Å². The van der Waals surface area contributed by atoms with E-state index in [0.29, 0.717) is 6.54 Å². The number of H-pyrrole nitrogens is 1. The number of carbonyl (C=O) groups excluding carboxylic acids is 1. The summed E-state index contributed by atoms with van der Waals surface area (Å²) in [6.45, 7) is 1.42. The number of para-hydroxylation sites is 2. The van der Waals surface area contributed by atoms with E-state index in [0.717, 1.165) is 53.3 Å². The van der Waals surface area contributed by atoms with Crippen molar-refractivity contribution in [2.75, 3.05) is 13.3 Å². The summed E-state index contributed by atoms with van der Waals surface area (Å²) in [6.07, 6.45) is 1.89. The average Bonchev–Trinajstić information content (AvgIpc) is 3.43. The summed E-state index contributed by atoms with van der Waals surface area (Å²) < 4.78 is 10.7. The molecule has 27 heavy (non-hydrogen) atoms. The molecule has 0 unspecified atom stereocenters. The monoisotopic (exact) mass is 364 g/mol. The molecule has 2 aliphatic rings. The molecular weight excluding hydrogens is 344 g/mol. The van der Waals surface area contributed by atoms with E-state index < -0.39 is 0 Å². The molecule has 7 nitrogen and oxygen atoms in total. The molecule has 1 atom stereocenters. The Morgan fingerprint density at radius 2 is 2.11 bits per heavy atom. The van der Waals surface area contributed by atoms with Crippen molar-refractivity contribution in [3.63, 3.8) is 0 Å². The van der Waals surface area contributed by atoms with Crippen molar-refractivity contribution in [3.8, 4) is 11.5 Å². The molecule has 5 rings (SSSR count). The lowest BCUT2D eigenvalue weighted by molar-refractivity contribution is 0.174. The molecule has 2 N–H and O–H groups in total. The van der Waals surface area contributed by atoms with Crippen LogP contribution in [0.2, 0.25) is 0 Å². The molecular formula is C20H20N4O3. The molecule has 0 aliphatic carbocycles. The molecule has 3 heterocycles. The van der Waals surface area contributed by atoms with Gasteiger partial charge in [-0.15, -0.1) is 0 Å². The van der Waals surface area contributed by atoms with Crippen LogP contribution in [0.3, 0.4) is 0 Å². The Morgan fingerprint density at radius 1 is 1.22 bits per heavy atom. The third kappa shape index (κ3) is 2.95. The number of aromatic amines is 1. The number of hydrogen-bond acceptors (Lipinski definition) is 4. The van der Waals surface area contributed by atoms with Crippen molar-refractivity contribution in [1.29, 1.82) is 0 Å². The number of rotatable bonds is 3. The van der Waals surface area contributed by atoms with E-state index >= 15 is 0 Å². The van der Waals surface area contributed by atoms with Gasteiger partial charge in [-0.25, -0.2) is 9.78 Å². The molecule has 0 bridgehead atoms. The topological polar surface area (TPSA) is 79.5 Å². The van der Waals surface area contributed by atoms with E-state index in [-0.39, 0.29) is 18.9 Å². The van der Waals surface area contributed by atoms with Gasteiger partial charge in [0, 0.05) is 13.1 Å². The van der Waals surface area contributed by atoms with Crippen LogP contribution in [-0.4, -0.2) is 34.2 Å². The van der Waals surface area contributed by atoms with Crippen molar-refractivity contribution < 1.29 is 14.3 Å². The Hall–Kier alpha value is -3.22. The van der Waals surface area contributed by atoms with Crippen molar-refractivity contribution in [2.24, 2.45) is 0 Å². The minimum absolute atomic E-state index is 0.0193. The maximum atomic E-state index is 12.8. The molecule has 0 spiro atoms. The highest BCUT2D eigenvalue weighted by atomic mass is 16.7. The van der Waals surface area contributed by atoms with Crippen LogP contribution in [0.15, 0.2) is 42.5 Å². The van der Waals surface area contributed by atoms with Gasteiger partial charge >= 0.3 is 6.03 Å². The standard InChI is InChI=1S/C20H20N4O3/c25-20(21-11-13-7-8-17-18(10-13)27-12-26-17)24-9-3-6-16(24)19-22-14-4-1-2-5-15(14)23-19/h1-2,4-5,7-8,10,16H,3,6,9,11-12H2,(H,21,25)(H,22,23)/t16-/m0/s1. The number of hydrogen-bond donors (Lipinski definition) is 2. The van der Waals surface area contributed by atoms with Crippen LogP contribution in [0.5, 0.6) is 11.5 Å². The van der Waals surface area contributed by atoms with Gasteiger partial charge in [0.05, 0.1) is 17.1 Å². The van der Waals surface area contributed by atoms with Crippen LogP contribution in [-0.2, 0) is 6.54 Å². The number of fused-ring (bicyclic) bond motifs is 2. The molecule has 2 aliphatic heterocycles. The van der Waals surface area contributed by atoms with Gasteiger partial charge < -0.3 is 24.7 Å². The van der Waals surface area contributed by atoms with E-state index in [4.69, 9.17) is 9.47 Å². The second-order valence-electron chi connectivity index (χ2n) is 6.84. The molecule has 7 heteroatoms. The third-order valence-electron chi connectivity index (χ3n) is 5.12. The van der Waals surface area contributed by atoms with E-state index in [1.807, 2.05) is 47.4 Å². The number of likely N-dealkylation sites (tertiary alicyclic amines) is 1. The van der Waals surface area contributed by atoms with Gasteiger partial charge in [0.2, 0.25) is 6.79 Å². The number of nitrogens with zero attached hydrogens (tertiary/aromatic N) is 2. The highest BCUT2D eigenvalue weighted by molar-refractivity contribution is 5.77. The molecule has 1 fully saturated rings. The normalized spacial score (nSPS) is 18.2. The summed E-state index contributed by atoms with van der Waals surface area (Å²) >= 11 is 0. The maximum absolute atomic E-state index is 12.8. The minimum atomic E-state index is -0.0735. The minimum Gasteiger partial charge on any atom is -0.454 e. The molecule has 2 amide bonds. The number of urea groups is 1. The summed E-state index contributed by atoms with van der Waals surface area (Å²) in [4.78, 5) is 22.7. The molecule has 0 radical (unpaired) electrons. The number of benzene rings is 2. The van der Waals surface area contributed by atoms with Gasteiger partial charge in [0.1, 0.15) is 5.82 Å². The van der Waals surface area contributed by atoms with Crippen LogP contribution < -0.4 is 14.8 Å². The number of aromatic nitrogens is 2. The Bertz CT molecular complexity index is 967. The van der Waals surface area contributed by atoms with Gasteiger partial charge in [-0.3, -0.25) is 0 Å². The maximum Gasteiger partial charge on any atom is 0.318 e. The van der Waals surface area contributed by atoms with Crippen LogP contribution in [0, 0.1) is 0 Å². The summed E-state index contributed by atoms with van der Waals surface area (Å²) in [6, 6.07) is 13.6. The fourth-order valence-electron chi connectivity index (χ4n) is 3.75. The number of carbonyl (C=O) groups is 1. The van der Waals surface area contributed by atoms with Crippen molar-refractivity contribution in [3.05, 3.63) is 53.9 Å². The first-order valence-corrected chi connectivity index (χ1v) is 9.15. The molecule has 2 aromatic carbocycles. The van der Waals surface area contributed by atoms with Crippen molar-refractivity contribution >= 4 is 17.1 Å². The van der Waals surface area contributed by atoms with Gasteiger partial charge in [-0.1, -0.05) is 18.2 Å². The highest BCUT2D eigenvalue weighted by Gasteiger charge is 2.32. The molecule has 138 valence electrons. The first-order valence-electron chi connectivity index (χ1n) is 9.15. The zero-order valence-corrected chi connectivity index (χ0v) is 14.8. The Labute approximate surface area is 156 Å². The molecule has 0 saturated carbocycles. The lowest BCUT2D eigenvalue weighted by Gasteiger charge is -2.23. The summed E-state index contributed by atoms with van der Waals surface area (Å²) in [7, 11) is 0. The summed E-state index contributed by atoms with van der Waals surface area (Å²) in [5.74, 6) is 2.32. The molecule has 1 aromatic heterocycles. The molecule has 3 aromatic rings. The van der Waals surface area contributed by atoms with Crippen LogP contribution >= 0.6 is 0 Å². The average molecular weight is 364 g/mol. The van der Waals surface area contributed by atoms with Crippen molar-refractivity contribution in [2.45, 2.75) is 25.4 Å². The first-order chi connectivity index (χ1) is 13.3. The van der Waals surface area contributed by atoms with E-state index in [1.165, 1.54) is 0 Å². The molecule has 1 saturated heterocycles. The first kappa shape index (κ1) is 16.0.